The van der Waals surface area contributed by atoms with Crippen LogP contribution in [0.5, 0.6) is 11.5 Å². The lowest BCUT2D eigenvalue weighted by Crippen LogP contribution is -2.38. The minimum Gasteiger partial charge on any atom is -0.507 e. The quantitative estimate of drug-likeness (QED) is 0.184. The molecule has 0 bridgehead atoms. The van der Waals surface area contributed by atoms with Crippen molar-refractivity contribution in [3.05, 3.63) is 69.8 Å². The molecule has 0 aliphatic carbocycles. The summed E-state index contributed by atoms with van der Waals surface area (Å²) < 4.78 is 23.6. The monoisotopic (exact) mass is 514 g/mol. The minimum absolute atomic E-state index is 0.0478. The summed E-state index contributed by atoms with van der Waals surface area (Å²) in [4.78, 5) is 31.6. The van der Waals surface area contributed by atoms with Crippen LogP contribution in [0.2, 0.25) is 0 Å². The van der Waals surface area contributed by atoms with Crippen molar-refractivity contribution in [1.82, 2.24) is 4.83 Å². The first-order valence-electron chi connectivity index (χ1n) is 12.0. The number of esters is 2. The largest absolute Gasteiger partial charge is 0.507 e. The fourth-order valence-corrected chi connectivity index (χ4v) is 5.59. The van der Waals surface area contributed by atoms with Gasteiger partial charge in [0.1, 0.15) is 17.9 Å². The Morgan fingerprint density at radius 2 is 1.94 bits per heavy atom. The summed E-state index contributed by atoms with van der Waals surface area (Å²) in [5.74, 6) is -0.638. The van der Waals surface area contributed by atoms with Gasteiger partial charge in [-0.3, -0.25) is 4.79 Å². The van der Waals surface area contributed by atoms with Crippen molar-refractivity contribution in [2.75, 3.05) is 12.8 Å². The van der Waals surface area contributed by atoms with E-state index in [9.17, 15) is 19.3 Å². The summed E-state index contributed by atoms with van der Waals surface area (Å²) in [6.07, 6.45) is 3.06. The van der Waals surface area contributed by atoms with Crippen LogP contribution in [0.4, 0.5) is 0 Å². The van der Waals surface area contributed by atoms with Crippen molar-refractivity contribution in [1.29, 1.82) is 0 Å². The average Bonchev–Trinajstić information content (AvgIpc) is 3.26. The Kier molecular flexibility index (Phi) is 9.24. The van der Waals surface area contributed by atoms with Crippen LogP contribution in [0, 0.1) is 6.92 Å². The number of nitrogens with zero attached hydrogens (tertiary/aromatic N) is 1. The maximum atomic E-state index is 13.3. The van der Waals surface area contributed by atoms with E-state index in [2.05, 4.69) is 0 Å². The molecule has 8 nitrogen and oxygen atoms in total. The molecular weight excluding hydrogens is 481 g/mol. The molecule has 0 saturated heterocycles. The molecule has 2 unspecified atom stereocenters. The second kappa shape index (κ2) is 12.2. The number of cyclic esters (lactones) is 1. The number of aromatic hydroxyl groups is 1. The van der Waals surface area contributed by atoms with E-state index in [0.717, 1.165) is 22.3 Å². The Morgan fingerprint density at radius 1 is 1.25 bits per heavy atom. The highest BCUT2D eigenvalue weighted by Gasteiger charge is 2.40. The molecule has 1 N–H and O–H groups in total. The number of hydroxylamine groups is 1. The van der Waals surface area contributed by atoms with Crippen molar-refractivity contribution in [3.63, 3.8) is 0 Å². The van der Waals surface area contributed by atoms with Gasteiger partial charge in [0.05, 0.1) is 11.4 Å². The Hall–Kier alpha value is -3.22. The summed E-state index contributed by atoms with van der Waals surface area (Å²) in [7, 11) is -2.15. The van der Waals surface area contributed by atoms with Crippen LogP contribution in [-0.4, -0.2) is 40.7 Å². The van der Waals surface area contributed by atoms with Gasteiger partial charge in [0.2, 0.25) is 0 Å². The molecule has 0 fully saturated rings. The summed E-state index contributed by atoms with van der Waals surface area (Å²) in [6.45, 7) is 9.44. The summed E-state index contributed by atoms with van der Waals surface area (Å²) in [5.41, 5.74) is 4.36. The Morgan fingerprint density at radius 3 is 2.58 bits per heavy atom. The number of phenols is 1. The molecule has 2 aromatic rings. The van der Waals surface area contributed by atoms with E-state index >= 15 is 0 Å². The zero-order valence-electron chi connectivity index (χ0n) is 21.4. The number of fused-ring (bicyclic) bond motifs is 1. The molecule has 36 heavy (non-hydrogen) atoms. The van der Waals surface area contributed by atoms with Gasteiger partial charge in [-0.25, -0.2) is 4.79 Å². The van der Waals surface area contributed by atoms with Crippen molar-refractivity contribution in [2.45, 2.75) is 60.1 Å². The van der Waals surface area contributed by atoms with E-state index in [1.807, 2.05) is 32.9 Å². The zero-order chi connectivity index (χ0) is 26.4. The highest BCUT2D eigenvalue weighted by atomic mass is 31.1. The fourth-order valence-electron chi connectivity index (χ4n) is 4.23. The highest BCUT2D eigenvalue weighted by Crippen LogP contribution is 2.39. The topological polar surface area (TPSA) is 102 Å². The smallest absolute Gasteiger partial charge is 0.475 e. The zero-order valence-corrected chi connectivity index (χ0v) is 22.3. The first-order valence-corrected chi connectivity index (χ1v) is 13.4. The lowest BCUT2D eigenvalue weighted by atomic mass is 9.89. The van der Waals surface area contributed by atoms with Gasteiger partial charge in [-0.1, -0.05) is 31.2 Å². The van der Waals surface area contributed by atoms with Gasteiger partial charge < -0.3 is 19.4 Å². The third-order valence-corrected chi connectivity index (χ3v) is 7.80. The molecule has 0 saturated carbocycles. The van der Waals surface area contributed by atoms with Gasteiger partial charge in [-0.2, -0.15) is 0 Å². The highest BCUT2D eigenvalue weighted by molar-refractivity contribution is 7.42. The number of para-hydroxylation sites is 1. The van der Waals surface area contributed by atoms with Crippen LogP contribution in [0.15, 0.2) is 42.0 Å². The predicted molar refractivity (Wildman–Crippen MR) is 136 cm³/mol. The molecule has 192 valence electrons. The van der Waals surface area contributed by atoms with Crippen molar-refractivity contribution < 1.29 is 33.6 Å². The van der Waals surface area contributed by atoms with Crippen LogP contribution in [0.1, 0.15) is 60.3 Å². The summed E-state index contributed by atoms with van der Waals surface area (Å²) in [6, 6.07) is 7.95. The van der Waals surface area contributed by atoms with Gasteiger partial charge in [0, 0.05) is 11.1 Å². The SMILES string of the molecule is CCOC(=O)C(C)N(Oc1ccccc1)[P+](=O)CC(C)=CCc1c(O)c2c(c(C)c1CC)COC2=O. The van der Waals surface area contributed by atoms with E-state index in [1.165, 1.54) is 4.83 Å². The van der Waals surface area contributed by atoms with Crippen LogP contribution in [0.25, 0.3) is 0 Å². The molecule has 9 heteroatoms. The molecule has 2 aromatic carbocycles. The third-order valence-electron chi connectivity index (χ3n) is 6.16. The number of benzene rings is 2. The molecule has 2 atom stereocenters. The van der Waals surface area contributed by atoms with E-state index in [1.54, 1.807) is 38.1 Å². The van der Waals surface area contributed by atoms with Crippen LogP contribution >= 0.6 is 7.95 Å². The second-order valence-corrected chi connectivity index (χ2v) is 10.0. The number of phenolic OH excluding ortho intramolecular Hbond substituents is 1. The van der Waals surface area contributed by atoms with E-state index in [4.69, 9.17) is 14.3 Å². The number of ether oxygens (including phenoxy) is 2. The third kappa shape index (κ3) is 5.94. The molecule has 0 radical (unpaired) electrons. The first kappa shape index (κ1) is 27.4. The molecule has 0 spiro atoms. The molecule has 0 amide bonds. The van der Waals surface area contributed by atoms with Gasteiger partial charge in [-0.05, 0) is 73.9 Å². The lowest BCUT2D eigenvalue weighted by molar-refractivity contribution is -0.153. The second-order valence-electron chi connectivity index (χ2n) is 8.61. The maximum Gasteiger partial charge on any atom is 0.475 e. The molecule has 3 rings (SSSR count). The maximum absolute atomic E-state index is 13.3. The Labute approximate surface area is 212 Å². The molecular formula is C27H33NO7P+. The molecule has 1 heterocycles. The number of hydrogen-bond donors (Lipinski definition) is 1. The van der Waals surface area contributed by atoms with Crippen LogP contribution in [-0.2, 0) is 38.3 Å². The fraction of sp³-hybridized carbons (Fsp3) is 0.407. The molecule has 1 aliphatic heterocycles. The summed E-state index contributed by atoms with van der Waals surface area (Å²) in [5, 5.41) is 10.9. The minimum atomic E-state index is -2.15. The van der Waals surface area contributed by atoms with Gasteiger partial charge >= 0.3 is 19.9 Å². The number of hydrogen-bond acceptors (Lipinski definition) is 7. The molecule has 0 aromatic heterocycles. The van der Waals surface area contributed by atoms with Crippen LogP contribution in [0.3, 0.4) is 0 Å². The Balaban J connectivity index is 1.82. The Bertz CT molecular complexity index is 1180. The van der Waals surface area contributed by atoms with E-state index < -0.39 is 25.9 Å². The molecule has 1 aliphatic rings. The standard InChI is InChI=1S/C27H32NO7P/c1-6-21-18(4)23-15-34-27(31)24(23)25(29)22(21)14-13-17(3)16-36(32)28(19(5)26(30)33-7-2)35-20-11-9-8-10-12-20/h8-13,19H,6-7,14-16H2,1-5H3/p+1. The predicted octanol–water partition coefficient (Wildman–Crippen LogP) is 5.41. The van der Waals surface area contributed by atoms with Crippen LogP contribution < -0.4 is 4.84 Å². The van der Waals surface area contributed by atoms with E-state index in [0.29, 0.717) is 24.2 Å². The number of carbonyl (C=O) groups is 2. The van der Waals surface area contributed by atoms with Gasteiger partial charge in [0.25, 0.3) is 0 Å². The lowest BCUT2D eigenvalue weighted by Gasteiger charge is -2.18. The normalized spacial score (nSPS) is 14.3. The van der Waals surface area contributed by atoms with Gasteiger partial charge in [-0.15, -0.1) is 0 Å². The van der Waals surface area contributed by atoms with Crippen molar-refractivity contribution in [3.8, 4) is 11.5 Å². The number of allylic oxidation sites excluding steroid dienone is 2. The average molecular weight is 515 g/mol. The van der Waals surface area contributed by atoms with E-state index in [-0.39, 0.29) is 30.7 Å². The first-order chi connectivity index (χ1) is 17.2. The number of carbonyl (C=O) groups excluding carboxylic acids is 2. The number of rotatable bonds is 11. The summed E-state index contributed by atoms with van der Waals surface area (Å²) >= 11 is 0. The van der Waals surface area contributed by atoms with Gasteiger partial charge in [0.15, 0.2) is 18.0 Å². The van der Waals surface area contributed by atoms with Crippen molar-refractivity contribution >= 4 is 19.9 Å². The van der Waals surface area contributed by atoms with Crippen molar-refractivity contribution in [2.24, 2.45) is 0 Å².